The van der Waals surface area contributed by atoms with E-state index in [0.717, 1.165) is 25.9 Å². The van der Waals surface area contributed by atoms with E-state index in [4.69, 9.17) is 9.47 Å². The Balaban J connectivity index is 1.49. The van der Waals surface area contributed by atoms with Crippen LogP contribution >= 0.6 is 0 Å². The maximum absolute atomic E-state index is 14.2. The SMILES string of the molecule is CCN(C(=O)c1cc(F)ccc1Oc1cnc(C)nc1N1CC2(CCN(C(=O)OC(C)(C)C)CC2)C1)C(C)C. The van der Waals surface area contributed by atoms with Gasteiger partial charge in [-0.2, -0.15) is 0 Å². The number of hydrogen-bond acceptors (Lipinski definition) is 7. The Morgan fingerprint density at radius 2 is 1.82 bits per heavy atom. The van der Waals surface area contributed by atoms with Gasteiger partial charge >= 0.3 is 6.09 Å². The molecule has 10 heteroatoms. The van der Waals surface area contributed by atoms with Crippen molar-refractivity contribution in [3.8, 4) is 11.5 Å². The summed E-state index contributed by atoms with van der Waals surface area (Å²) in [4.78, 5) is 40.3. The van der Waals surface area contributed by atoms with Crippen molar-refractivity contribution in [3.05, 3.63) is 41.6 Å². The van der Waals surface area contributed by atoms with Crippen LogP contribution in [-0.2, 0) is 4.74 Å². The van der Waals surface area contributed by atoms with Crippen molar-refractivity contribution in [1.29, 1.82) is 0 Å². The van der Waals surface area contributed by atoms with Crippen LogP contribution in [0.1, 0.15) is 70.6 Å². The van der Waals surface area contributed by atoms with Crippen LogP contribution in [0, 0.1) is 18.2 Å². The van der Waals surface area contributed by atoms with E-state index in [1.807, 2.05) is 48.5 Å². The van der Waals surface area contributed by atoms with Crippen molar-refractivity contribution in [3.63, 3.8) is 0 Å². The monoisotopic (exact) mass is 541 g/mol. The van der Waals surface area contributed by atoms with Crippen LogP contribution in [0.5, 0.6) is 11.5 Å². The number of aryl methyl sites for hydroxylation is 1. The highest BCUT2D eigenvalue weighted by atomic mass is 19.1. The molecule has 0 atom stereocenters. The smallest absolute Gasteiger partial charge is 0.410 e. The zero-order valence-corrected chi connectivity index (χ0v) is 24.1. The normalized spacial score (nSPS) is 16.7. The molecule has 1 spiro atoms. The first kappa shape index (κ1) is 28.6. The fourth-order valence-electron chi connectivity index (χ4n) is 5.24. The second-order valence-electron chi connectivity index (χ2n) is 11.9. The number of halogens is 1. The molecule has 0 radical (unpaired) electrons. The summed E-state index contributed by atoms with van der Waals surface area (Å²) in [5.74, 6) is 1.11. The van der Waals surface area contributed by atoms with Crippen LogP contribution < -0.4 is 9.64 Å². The number of anilines is 1. The molecular formula is C29H40FN5O4. The molecule has 2 fully saturated rings. The molecule has 0 aliphatic carbocycles. The van der Waals surface area contributed by atoms with Gasteiger partial charge in [0, 0.05) is 44.2 Å². The minimum Gasteiger partial charge on any atom is -0.451 e. The zero-order valence-electron chi connectivity index (χ0n) is 24.1. The largest absolute Gasteiger partial charge is 0.451 e. The van der Waals surface area contributed by atoms with Crippen LogP contribution in [0.3, 0.4) is 0 Å². The predicted molar refractivity (Wildman–Crippen MR) is 147 cm³/mol. The molecule has 2 aromatic rings. The zero-order chi connectivity index (χ0) is 28.5. The number of nitrogens with zero attached hydrogens (tertiary/aromatic N) is 5. The van der Waals surface area contributed by atoms with Crippen molar-refractivity contribution in [1.82, 2.24) is 19.8 Å². The second kappa shape index (κ2) is 11.0. The summed E-state index contributed by atoms with van der Waals surface area (Å²) in [6.07, 6.45) is 3.09. The third kappa shape index (κ3) is 6.42. The van der Waals surface area contributed by atoms with E-state index < -0.39 is 11.4 Å². The maximum atomic E-state index is 14.2. The average molecular weight is 542 g/mol. The number of amides is 2. The Hall–Kier alpha value is -3.43. The Bertz CT molecular complexity index is 1210. The molecule has 0 unspecified atom stereocenters. The molecule has 0 bridgehead atoms. The van der Waals surface area contributed by atoms with Crippen molar-refractivity contribution >= 4 is 17.8 Å². The highest BCUT2D eigenvalue weighted by Gasteiger charge is 2.47. The molecule has 39 heavy (non-hydrogen) atoms. The standard InChI is InChI=1S/C29H40FN5O4/c1-8-35(19(2)3)26(36)22-15-21(30)9-10-23(22)38-24-16-31-20(4)32-25(24)34-17-29(18-34)11-13-33(14-12-29)27(37)39-28(5,6)7/h9-10,15-16,19H,8,11-14,17-18H2,1-7H3. The number of carbonyl (C=O) groups is 2. The van der Waals surface area contributed by atoms with Gasteiger partial charge in [0.15, 0.2) is 11.6 Å². The molecule has 2 aliphatic rings. The van der Waals surface area contributed by atoms with E-state index in [1.165, 1.54) is 18.2 Å². The fourth-order valence-corrected chi connectivity index (χ4v) is 5.24. The number of rotatable bonds is 6. The summed E-state index contributed by atoms with van der Waals surface area (Å²) in [6, 6.07) is 3.93. The van der Waals surface area contributed by atoms with E-state index >= 15 is 0 Å². The lowest BCUT2D eigenvalue weighted by Crippen LogP contribution is -2.61. The highest BCUT2D eigenvalue weighted by molar-refractivity contribution is 5.97. The fraction of sp³-hybridized carbons (Fsp3) is 0.586. The number of piperidine rings is 1. The van der Waals surface area contributed by atoms with Crippen LogP contribution in [0.15, 0.2) is 24.4 Å². The Kier molecular flexibility index (Phi) is 8.04. The van der Waals surface area contributed by atoms with Gasteiger partial charge in [-0.1, -0.05) is 0 Å². The summed E-state index contributed by atoms with van der Waals surface area (Å²) < 4.78 is 26.0. The molecule has 1 aromatic heterocycles. The van der Waals surface area contributed by atoms with Crippen molar-refractivity contribution in [2.45, 2.75) is 73.0 Å². The van der Waals surface area contributed by atoms with Gasteiger partial charge in [0.25, 0.3) is 5.91 Å². The van der Waals surface area contributed by atoms with Crippen molar-refractivity contribution in [2.24, 2.45) is 5.41 Å². The number of ether oxygens (including phenoxy) is 2. The summed E-state index contributed by atoms with van der Waals surface area (Å²) in [7, 11) is 0. The van der Waals surface area contributed by atoms with Gasteiger partial charge in [0.2, 0.25) is 0 Å². The van der Waals surface area contributed by atoms with Gasteiger partial charge in [-0.25, -0.2) is 19.2 Å². The molecule has 2 saturated heterocycles. The van der Waals surface area contributed by atoms with Gasteiger partial charge in [0.05, 0.1) is 11.8 Å². The van der Waals surface area contributed by atoms with E-state index in [2.05, 4.69) is 14.9 Å². The van der Waals surface area contributed by atoms with Crippen LogP contribution in [0.25, 0.3) is 0 Å². The molecule has 4 rings (SSSR count). The molecule has 9 nitrogen and oxygen atoms in total. The third-order valence-electron chi connectivity index (χ3n) is 7.30. The first-order valence-electron chi connectivity index (χ1n) is 13.7. The van der Waals surface area contributed by atoms with Gasteiger partial charge in [-0.05, 0) is 79.5 Å². The molecule has 0 N–H and O–H groups in total. The van der Waals surface area contributed by atoms with Gasteiger partial charge in [-0.15, -0.1) is 0 Å². The quantitative estimate of drug-likeness (QED) is 0.482. The summed E-state index contributed by atoms with van der Waals surface area (Å²) in [5, 5.41) is 0. The van der Waals surface area contributed by atoms with E-state index in [9.17, 15) is 14.0 Å². The van der Waals surface area contributed by atoms with Crippen LogP contribution in [0.4, 0.5) is 15.0 Å². The number of likely N-dealkylation sites (tertiary alicyclic amines) is 1. The predicted octanol–water partition coefficient (Wildman–Crippen LogP) is 5.42. The van der Waals surface area contributed by atoms with Gasteiger partial charge < -0.3 is 24.2 Å². The average Bonchev–Trinajstić information content (AvgIpc) is 2.83. The van der Waals surface area contributed by atoms with Gasteiger partial charge in [0.1, 0.15) is 23.0 Å². The number of hydrogen-bond donors (Lipinski definition) is 0. The highest BCUT2D eigenvalue weighted by Crippen LogP contribution is 2.45. The second-order valence-corrected chi connectivity index (χ2v) is 11.9. The lowest BCUT2D eigenvalue weighted by molar-refractivity contribution is 0.00585. The van der Waals surface area contributed by atoms with Crippen LogP contribution in [-0.4, -0.2) is 76.1 Å². The lowest BCUT2D eigenvalue weighted by Gasteiger charge is -2.54. The first-order chi connectivity index (χ1) is 18.3. The molecule has 2 amide bonds. The minimum absolute atomic E-state index is 0.0455. The number of aromatic nitrogens is 2. The van der Waals surface area contributed by atoms with E-state index in [0.29, 0.717) is 37.0 Å². The molecule has 2 aliphatic heterocycles. The molecule has 1 aromatic carbocycles. The number of benzene rings is 1. The van der Waals surface area contributed by atoms with Crippen LogP contribution in [0.2, 0.25) is 0 Å². The van der Waals surface area contributed by atoms with Crippen molar-refractivity contribution in [2.75, 3.05) is 37.6 Å². The van der Waals surface area contributed by atoms with Gasteiger partial charge in [-0.3, -0.25) is 4.79 Å². The minimum atomic E-state index is -0.515. The van der Waals surface area contributed by atoms with Crippen molar-refractivity contribution < 1.29 is 23.5 Å². The summed E-state index contributed by atoms with van der Waals surface area (Å²) in [6.45, 7) is 16.5. The molecular weight excluding hydrogens is 501 g/mol. The third-order valence-corrected chi connectivity index (χ3v) is 7.30. The number of carbonyl (C=O) groups excluding carboxylic acids is 2. The topological polar surface area (TPSA) is 88.1 Å². The molecule has 3 heterocycles. The Morgan fingerprint density at radius 3 is 2.41 bits per heavy atom. The lowest BCUT2D eigenvalue weighted by atomic mass is 9.72. The molecule has 212 valence electrons. The Morgan fingerprint density at radius 1 is 1.15 bits per heavy atom. The van der Waals surface area contributed by atoms with E-state index in [-0.39, 0.29) is 34.8 Å². The molecule has 0 saturated carbocycles. The van der Waals surface area contributed by atoms with E-state index in [1.54, 1.807) is 16.0 Å². The summed E-state index contributed by atoms with van der Waals surface area (Å²) in [5.41, 5.74) is -0.268. The Labute approximate surface area is 230 Å². The maximum Gasteiger partial charge on any atom is 0.410 e. The first-order valence-corrected chi connectivity index (χ1v) is 13.7. The summed E-state index contributed by atoms with van der Waals surface area (Å²) >= 11 is 0.